The first kappa shape index (κ1) is 15.9. The van der Waals surface area contributed by atoms with Gasteiger partial charge >= 0.3 is 0 Å². The number of para-hydroxylation sites is 1. The molecule has 4 rings (SSSR count). The molecule has 2 aliphatic rings. The Balaban J connectivity index is 1.39. The van der Waals surface area contributed by atoms with Crippen LogP contribution < -0.4 is 9.47 Å². The van der Waals surface area contributed by atoms with Gasteiger partial charge in [-0.25, -0.2) is 0 Å². The maximum absolute atomic E-state index is 12.9. The number of benzene rings is 1. The average molecular weight is 338 g/mol. The molecule has 1 aromatic carbocycles. The van der Waals surface area contributed by atoms with Gasteiger partial charge in [0.1, 0.15) is 17.6 Å². The van der Waals surface area contributed by atoms with Gasteiger partial charge in [-0.15, -0.1) is 0 Å². The Labute approximate surface area is 147 Å². The van der Waals surface area contributed by atoms with Gasteiger partial charge in [0, 0.05) is 25.4 Å². The monoisotopic (exact) mass is 338 g/mol. The van der Waals surface area contributed by atoms with Gasteiger partial charge in [0.05, 0.1) is 18.7 Å². The zero-order valence-corrected chi connectivity index (χ0v) is 14.1. The molecule has 1 aromatic heterocycles. The minimum absolute atomic E-state index is 0.0193. The molecule has 1 aliphatic heterocycles. The molecule has 2 fully saturated rings. The van der Waals surface area contributed by atoms with Crippen LogP contribution in [0.3, 0.4) is 0 Å². The van der Waals surface area contributed by atoms with Crippen LogP contribution in [0.4, 0.5) is 0 Å². The van der Waals surface area contributed by atoms with E-state index in [1.807, 2.05) is 41.3 Å². The Morgan fingerprint density at radius 1 is 1.12 bits per heavy atom. The molecule has 0 radical (unpaired) electrons. The summed E-state index contributed by atoms with van der Waals surface area (Å²) in [5.41, 5.74) is 0.646. The summed E-state index contributed by atoms with van der Waals surface area (Å²) in [5, 5.41) is 0. The molecule has 0 unspecified atom stereocenters. The Morgan fingerprint density at radius 2 is 1.92 bits per heavy atom. The topological polar surface area (TPSA) is 51.7 Å². The predicted molar refractivity (Wildman–Crippen MR) is 93.8 cm³/mol. The molecular weight excluding hydrogens is 316 g/mol. The number of aromatic nitrogens is 1. The summed E-state index contributed by atoms with van der Waals surface area (Å²) in [6.07, 6.45) is 6.73. The third-order valence-electron chi connectivity index (χ3n) is 4.67. The van der Waals surface area contributed by atoms with Crippen LogP contribution >= 0.6 is 0 Å². The molecule has 5 nitrogen and oxygen atoms in total. The smallest absolute Gasteiger partial charge is 0.257 e. The van der Waals surface area contributed by atoms with Crippen molar-refractivity contribution in [1.82, 2.24) is 9.88 Å². The maximum atomic E-state index is 12.9. The van der Waals surface area contributed by atoms with Crippen LogP contribution in [-0.2, 0) is 0 Å². The van der Waals surface area contributed by atoms with Crippen molar-refractivity contribution in [3.05, 3.63) is 54.4 Å². The zero-order chi connectivity index (χ0) is 17.1. The van der Waals surface area contributed by atoms with E-state index in [4.69, 9.17) is 9.47 Å². The predicted octanol–water partition coefficient (Wildman–Crippen LogP) is 3.16. The van der Waals surface area contributed by atoms with Crippen molar-refractivity contribution in [3.8, 4) is 11.5 Å². The van der Waals surface area contributed by atoms with Crippen LogP contribution in [0.15, 0.2) is 48.8 Å². The number of amides is 1. The largest absolute Gasteiger partial charge is 0.492 e. The van der Waals surface area contributed by atoms with Gasteiger partial charge in [-0.05, 0) is 43.0 Å². The van der Waals surface area contributed by atoms with E-state index in [9.17, 15) is 4.79 Å². The summed E-state index contributed by atoms with van der Waals surface area (Å²) >= 11 is 0. The van der Waals surface area contributed by atoms with Crippen LogP contribution in [-0.4, -0.2) is 41.6 Å². The molecule has 2 heterocycles. The van der Waals surface area contributed by atoms with Gasteiger partial charge in [0.2, 0.25) is 0 Å². The van der Waals surface area contributed by atoms with E-state index < -0.39 is 0 Å². The number of hydrogen-bond acceptors (Lipinski definition) is 4. The van der Waals surface area contributed by atoms with E-state index in [0.717, 1.165) is 12.2 Å². The van der Waals surface area contributed by atoms with Crippen LogP contribution in [0.2, 0.25) is 0 Å². The summed E-state index contributed by atoms with van der Waals surface area (Å²) < 4.78 is 11.8. The van der Waals surface area contributed by atoms with Crippen molar-refractivity contribution in [3.63, 3.8) is 0 Å². The highest BCUT2D eigenvalue weighted by molar-refractivity contribution is 5.97. The number of likely N-dealkylation sites (tertiary alicyclic amines) is 1. The highest BCUT2D eigenvalue weighted by Crippen LogP contribution is 2.31. The third kappa shape index (κ3) is 3.92. The first-order chi connectivity index (χ1) is 12.3. The van der Waals surface area contributed by atoms with E-state index in [1.165, 1.54) is 12.8 Å². The van der Waals surface area contributed by atoms with Gasteiger partial charge in [-0.2, -0.15) is 0 Å². The summed E-state index contributed by atoms with van der Waals surface area (Å²) in [6.45, 7) is 2.00. The van der Waals surface area contributed by atoms with Crippen molar-refractivity contribution in [2.24, 2.45) is 5.92 Å². The zero-order valence-electron chi connectivity index (χ0n) is 14.1. The fourth-order valence-electron chi connectivity index (χ4n) is 3.05. The second-order valence-corrected chi connectivity index (χ2v) is 6.71. The fourth-order valence-corrected chi connectivity index (χ4v) is 3.05. The molecule has 1 aliphatic carbocycles. The summed E-state index contributed by atoms with van der Waals surface area (Å²) in [5.74, 6) is 2.17. The molecule has 130 valence electrons. The molecule has 1 atom stereocenters. The number of rotatable bonds is 6. The lowest BCUT2D eigenvalue weighted by molar-refractivity contribution is 0.0767. The van der Waals surface area contributed by atoms with Gasteiger partial charge < -0.3 is 14.4 Å². The minimum atomic E-state index is 0.0193. The molecule has 5 heteroatoms. The van der Waals surface area contributed by atoms with Gasteiger partial charge in [0.25, 0.3) is 5.91 Å². The molecular formula is C20H22N2O3. The Kier molecular flexibility index (Phi) is 4.55. The molecule has 0 spiro atoms. The highest BCUT2D eigenvalue weighted by Gasteiger charge is 2.30. The standard InChI is InChI=1S/C20H22N2O3/c23-20(18-3-1-2-4-19(18)24-14-15-5-6-15)22-12-9-17(13-22)25-16-7-10-21-11-8-16/h1-4,7-8,10-11,15,17H,5-6,9,12-14H2/t17-/m0/s1. The van der Waals surface area contributed by atoms with E-state index in [2.05, 4.69) is 4.98 Å². The van der Waals surface area contributed by atoms with Crippen LogP contribution in [0, 0.1) is 5.92 Å². The van der Waals surface area contributed by atoms with Crippen LogP contribution in [0.1, 0.15) is 29.6 Å². The lowest BCUT2D eigenvalue weighted by Crippen LogP contribution is -2.31. The van der Waals surface area contributed by atoms with Crippen molar-refractivity contribution >= 4 is 5.91 Å². The first-order valence-electron chi connectivity index (χ1n) is 8.87. The van der Waals surface area contributed by atoms with Crippen molar-refractivity contribution in [2.75, 3.05) is 19.7 Å². The SMILES string of the molecule is O=C(c1ccccc1OCC1CC1)N1CC[C@H](Oc2ccncc2)C1. The number of ether oxygens (including phenoxy) is 2. The lowest BCUT2D eigenvalue weighted by atomic mass is 10.1. The molecule has 1 saturated carbocycles. The van der Waals surface area contributed by atoms with E-state index in [1.54, 1.807) is 12.4 Å². The van der Waals surface area contributed by atoms with E-state index >= 15 is 0 Å². The molecule has 0 bridgehead atoms. The molecule has 2 aromatic rings. The number of pyridine rings is 1. The van der Waals surface area contributed by atoms with Crippen molar-refractivity contribution in [1.29, 1.82) is 0 Å². The lowest BCUT2D eigenvalue weighted by Gasteiger charge is -2.19. The number of carbonyl (C=O) groups excluding carboxylic acids is 1. The van der Waals surface area contributed by atoms with Crippen molar-refractivity contribution < 1.29 is 14.3 Å². The van der Waals surface area contributed by atoms with Gasteiger partial charge in [-0.3, -0.25) is 9.78 Å². The average Bonchev–Trinajstić information content (AvgIpc) is 3.38. The van der Waals surface area contributed by atoms with Gasteiger partial charge in [0.15, 0.2) is 0 Å². The quantitative estimate of drug-likeness (QED) is 0.812. The molecule has 1 saturated heterocycles. The van der Waals surface area contributed by atoms with E-state index in [0.29, 0.717) is 36.9 Å². The highest BCUT2D eigenvalue weighted by atomic mass is 16.5. The summed E-state index contributed by atoms with van der Waals surface area (Å²) in [6, 6.07) is 11.2. The Hall–Kier alpha value is -2.56. The minimum Gasteiger partial charge on any atom is -0.492 e. The second kappa shape index (κ2) is 7.13. The Bertz CT molecular complexity index is 731. The molecule has 0 N–H and O–H groups in total. The normalized spacial score (nSPS) is 19.7. The maximum Gasteiger partial charge on any atom is 0.257 e. The second-order valence-electron chi connectivity index (χ2n) is 6.71. The fraction of sp³-hybridized carbons (Fsp3) is 0.400. The Morgan fingerprint density at radius 3 is 2.72 bits per heavy atom. The molecule has 25 heavy (non-hydrogen) atoms. The third-order valence-corrected chi connectivity index (χ3v) is 4.67. The summed E-state index contributed by atoms with van der Waals surface area (Å²) in [7, 11) is 0. The first-order valence-corrected chi connectivity index (χ1v) is 8.87. The summed E-state index contributed by atoms with van der Waals surface area (Å²) in [4.78, 5) is 18.7. The number of nitrogens with zero attached hydrogens (tertiary/aromatic N) is 2. The molecule has 1 amide bonds. The number of carbonyl (C=O) groups is 1. The van der Waals surface area contributed by atoms with Crippen LogP contribution in [0.5, 0.6) is 11.5 Å². The van der Waals surface area contributed by atoms with E-state index in [-0.39, 0.29) is 12.0 Å². The number of hydrogen-bond donors (Lipinski definition) is 0. The van der Waals surface area contributed by atoms with Crippen molar-refractivity contribution in [2.45, 2.75) is 25.4 Å². The van der Waals surface area contributed by atoms with Gasteiger partial charge in [-0.1, -0.05) is 12.1 Å². The van der Waals surface area contributed by atoms with Crippen LogP contribution in [0.25, 0.3) is 0 Å².